The molecular formula is C22H25N3O3S. The second kappa shape index (κ2) is 8.00. The number of H-pyrrole nitrogens is 1. The Bertz CT molecular complexity index is 1110. The van der Waals surface area contributed by atoms with Gasteiger partial charge in [0.25, 0.3) is 0 Å². The Morgan fingerprint density at radius 3 is 2.48 bits per heavy atom. The maximum absolute atomic E-state index is 13.0. The number of nitrogens with zero attached hydrogens (tertiary/aromatic N) is 1. The van der Waals surface area contributed by atoms with E-state index in [-0.39, 0.29) is 10.8 Å². The molecule has 0 aliphatic carbocycles. The van der Waals surface area contributed by atoms with Crippen LogP contribution >= 0.6 is 0 Å². The van der Waals surface area contributed by atoms with Crippen LogP contribution in [0.5, 0.6) is 0 Å². The fourth-order valence-corrected chi connectivity index (χ4v) is 5.42. The van der Waals surface area contributed by atoms with Gasteiger partial charge in [0.2, 0.25) is 15.9 Å². The van der Waals surface area contributed by atoms with Crippen molar-refractivity contribution in [2.75, 3.05) is 18.4 Å². The van der Waals surface area contributed by atoms with Crippen LogP contribution in [-0.2, 0) is 14.8 Å². The van der Waals surface area contributed by atoms with Crippen LogP contribution in [0, 0.1) is 0 Å². The molecule has 1 aromatic heterocycles. The van der Waals surface area contributed by atoms with Crippen LogP contribution in [0.4, 0.5) is 5.69 Å². The normalized spacial score (nSPS) is 16.2. The third kappa shape index (κ3) is 3.93. The molecule has 1 amide bonds. The first kappa shape index (κ1) is 19.7. The number of benzene rings is 2. The number of carbonyl (C=O) groups excluding carboxylic acids is 1. The zero-order valence-corrected chi connectivity index (χ0v) is 17.2. The molecule has 3 aromatic rings. The van der Waals surface area contributed by atoms with Gasteiger partial charge in [-0.15, -0.1) is 0 Å². The second-order valence-electron chi connectivity index (χ2n) is 7.39. The summed E-state index contributed by atoms with van der Waals surface area (Å²) in [6.07, 6.45) is 4.03. The molecule has 0 atom stereocenters. The highest BCUT2D eigenvalue weighted by Gasteiger charge is 2.30. The van der Waals surface area contributed by atoms with Gasteiger partial charge in [-0.25, -0.2) is 8.42 Å². The molecule has 0 bridgehead atoms. The van der Waals surface area contributed by atoms with Gasteiger partial charge < -0.3 is 10.3 Å². The number of carbonyl (C=O) groups is 1. The van der Waals surface area contributed by atoms with Crippen molar-refractivity contribution in [1.82, 2.24) is 9.29 Å². The van der Waals surface area contributed by atoms with E-state index < -0.39 is 10.0 Å². The number of nitrogens with one attached hydrogen (secondary N) is 2. The fraction of sp³-hybridized carbons (Fsp3) is 0.318. The molecule has 0 spiro atoms. The Labute approximate surface area is 171 Å². The first-order valence-electron chi connectivity index (χ1n) is 9.95. The first-order chi connectivity index (χ1) is 14.0. The lowest BCUT2D eigenvalue weighted by molar-refractivity contribution is -0.115. The molecule has 29 heavy (non-hydrogen) atoms. The van der Waals surface area contributed by atoms with Gasteiger partial charge in [-0.1, -0.05) is 25.1 Å². The van der Waals surface area contributed by atoms with Crippen LogP contribution < -0.4 is 5.32 Å². The molecule has 0 unspecified atom stereocenters. The minimum absolute atomic E-state index is 0.0973. The Morgan fingerprint density at radius 2 is 1.79 bits per heavy atom. The molecule has 1 saturated heterocycles. The van der Waals surface area contributed by atoms with Crippen LogP contribution in [0.25, 0.3) is 10.9 Å². The van der Waals surface area contributed by atoms with E-state index in [1.54, 1.807) is 35.5 Å². The van der Waals surface area contributed by atoms with Gasteiger partial charge in [0.1, 0.15) is 0 Å². The van der Waals surface area contributed by atoms with Crippen LogP contribution in [0.3, 0.4) is 0 Å². The maximum Gasteiger partial charge on any atom is 0.243 e. The number of aromatic nitrogens is 1. The number of para-hydroxylation sites is 1. The monoisotopic (exact) mass is 411 g/mol. The smallest absolute Gasteiger partial charge is 0.243 e. The highest BCUT2D eigenvalue weighted by Crippen LogP contribution is 2.34. The molecule has 1 aliphatic heterocycles. The van der Waals surface area contributed by atoms with E-state index in [1.165, 1.54) is 10.9 Å². The number of hydrogen-bond donors (Lipinski definition) is 2. The molecule has 0 saturated carbocycles. The van der Waals surface area contributed by atoms with E-state index in [4.69, 9.17) is 0 Å². The Hall–Kier alpha value is -2.64. The number of amides is 1. The minimum atomic E-state index is -3.53. The van der Waals surface area contributed by atoms with Crippen molar-refractivity contribution in [2.45, 2.75) is 37.0 Å². The number of aromatic amines is 1. The number of fused-ring (bicyclic) bond motifs is 1. The molecule has 152 valence electrons. The topological polar surface area (TPSA) is 82.3 Å². The summed E-state index contributed by atoms with van der Waals surface area (Å²) in [6.45, 7) is 2.77. The van der Waals surface area contributed by atoms with Crippen LogP contribution in [0.2, 0.25) is 0 Å². The van der Waals surface area contributed by atoms with E-state index in [1.807, 2.05) is 12.1 Å². The molecule has 4 rings (SSSR count). The summed E-state index contributed by atoms with van der Waals surface area (Å²) in [5.41, 5.74) is 3.00. The lowest BCUT2D eigenvalue weighted by Gasteiger charge is -2.31. The van der Waals surface area contributed by atoms with E-state index in [2.05, 4.69) is 28.6 Å². The van der Waals surface area contributed by atoms with Crippen LogP contribution in [0.1, 0.15) is 37.7 Å². The molecule has 6 nitrogen and oxygen atoms in total. The minimum Gasteiger partial charge on any atom is -0.361 e. The largest absolute Gasteiger partial charge is 0.361 e. The number of anilines is 1. The predicted octanol–water partition coefficient (Wildman–Crippen LogP) is 4.08. The van der Waals surface area contributed by atoms with E-state index in [0.717, 1.165) is 18.4 Å². The summed E-state index contributed by atoms with van der Waals surface area (Å²) < 4.78 is 27.6. The lowest BCUT2D eigenvalue weighted by atomic mass is 9.90. The van der Waals surface area contributed by atoms with Gasteiger partial charge in [-0.2, -0.15) is 4.31 Å². The van der Waals surface area contributed by atoms with E-state index in [9.17, 15) is 13.2 Å². The fourth-order valence-electron chi connectivity index (χ4n) is 3.95. The predicted molar refractivity (Wildman–Crippen MR) is 114 cm³/mol. The second-order valence-corrected chi connectivity index (χ2v) is 9.33. The summed E-state index contributed by atoms with van der Waals surface area (Å²) in [4.78, 5) is 15.1. The molecule has 1 fully saturated rings. The highest BCUT2D eigenvalue weighted by molar-refractivity contribution is 7.89. The van der Waals surface area contributed by atoms with Gasteiger partial charge in [0, 0.05) is 42.3 Å². The maximum atomic E-state index is 13.0. The third-order valence-corrected chi connectivity index (χ3v) is 7.52. The number of rotatable bonds is 5. The summed E-state index contributed by atoms with van der Waals surface area (Å²) in [5.74, 6) is 0.254. The van der Waals surface area contributed by atoms with Crippen molar-refractivity contribution in [2.24, 2.45) is 0 Å². The highest BCUT2D eigenvalue weighted by atomic mass is 32.2. The molecule has 1 aliphatic rings. The molecular weight excluding hydrogens is 386 g/mol. The van der Waals surface area contributed by atoms with E-state index >= 15 is 0 Å². The Kier molecular flexibility index (Phi) is 5.43. The van der Waals surface area contributed by atoms with Gasteiger partial charge >= 0.3 is 0 Å². The Morgan fingerprint density at radius 1 is 1.10 bits per heavy atom. The number of piperidine rings is 1. The summed E-state index contributed by atoms with van der Waals surface area (Å²) in [6, 6.07) is 14.6. The average molecular weight is 412 g/mol. The molecule has 2 N–H and O–H groups in total. The number of hydrogen-bond acceptors (Lipinski definition) is 3. The summed E-state index contributed by atoms with van der Waals surface area (Å²) >= 11 is 0. The molecule has 2 heterocycles. The van der Waals surface area contributed by atoms with Crippen molar-refractivity contribution in [1.29, 1.82) is 0 Å². The van der Waals surface area contributed by atoms with Crippen LogP contribution in [-0.4, -0.2) is 36.7 Å². The molecule has 2 aromatic carbocycles. The lowest BCUT2D eigenvalue weighted by Crippen LogP contribution is -2.37. The zero-order chi connectivity index (χ0) is 20.4. The van der Waals surface area contributed by atoms with Crippen molar-refractivity contribution in [3.8, 4) is 0 Å². The van der Waals surface area contributed by atoms with Crippen molar-refractivity contribution < 1.29 is 13.2 Å². The summed E-state index contributed by atoms with van der Waals surface area (Å²) in [7, 11) is -3.53. The van der Waals surface area contributed by atoms with Gasteiger partial charge in [-0.3, -0.25) is 4.79 Å². The average Bonchev–Trinajstić information content (AvgIpc) is 3.18. The molecule has 0 radical (unpaired) electrons. The van der Waals surface area contributed by atoms with Gasteiger partial charge in [0.05, 0.1) is 4.90 Å². The molecule has 7 heteroatoms. The van der Waals surface area contributed by atoms with Crippen LogP contribution in [0.15, 0.2) is 59.6 Å². The van der Waals surface area contributed by atoms with E-state index in [0.29, 0.717) is 31.1 Å². The summed E-state index contributed by atoms with van der Waals surface area (Å²) in [5, 5.41) is 3.96. The van der Waals surface area contributed by atoms with Gasteiger partial charge in [-0.05, 0) is 54.7 Å². The Balaban J connectivity index is 1.45. The number of sulfonamides is 1. The first-order valence-corrected chi connectivity index (χ1v) is 11.4. The van der Waals surface area contributed by atoms with Crippen molar-refractivity contribution in [3.05, 3.63) is 60.3 Å². The van der Waals surface area contributed by atoms with Crippen molar-refractivity contribution >= 4 is 32.5 Å². The SMILES string of the molecule is CCC(=O)Nc1ccc(S(=O)(=O)N2CCC(c3c[nH]c4ccccc34)CC2)cc1. The van der Waals surface area contributed by atoms with Gasteiger partial charge in [0.15, 0.2) is 0 Å². The standard InChI is InChI=1S/C22H25N3O3S/c1-2-22(26)24-17-7-9-18(10-8-17)29(27,28)25-13-11-16(12-14-25)20-15-23-21-6-4-3-5-19(20)21/h3-10,15-16,23H,2,11-14H2,1H3,(H,24,26). The third-order valence-electron chi connectivity index (χ3n) is 5.61. The quantitative estimate of drug-likeness (QED) is 0.664. The zero-order valence-electron chi connectivity index (χ0n) is 16.4. The van der Waals surface area contributed by atoms with Crippen molar-refractivity contribution in [3.63, 3.8) is 0 Å².